The van der Waals surface area contributed by atoms with E-state index in [0.29, 0.717) is 6.61 Å². The molecule has 0 aliphatic heterocycles. The molecule has 0 radical (unpaired) electrons. The van der Waals surface area contributed by atoms with Crippen molar-refractivity contribution in [1.82, 2.24) is 0 Å². The molecule has 0 aromatic rings. The fourth-order valence-electron chi connectivity index (χ4n) is 2.59. The molecule has 1 unspecified atom stereocenters. The van der Waals surface area contributed by atoms with Gasteiger partial charge in [0.2, 0.25) is 0 Å². The molecule has 0 aromatic carbocycles. The first kappa shape index (κ1) is 26.5. The molecule has 0 spiro atoms. The normalized spacial score (nSPS) is 11.8. The zero-order valence-corrected chi connectivity index (χ0v) is 20.8. The Morgan fingerprint density at radius 2 is 1.13 bits per heavy atom. The molecule has 23 heavy (non-hydrogen) atoms. The number of esters is 1. The average Bonchev–Trinajstić information content (AvgIpc) is 2.50. The van der Waals surface area contributed by atoms with Gasteiger partial charge in [-0.3, -0.25) is 4.79 Å². The first-order chi connectivity index (χ1) is 10.7. The number of unbranched alkanes of at least 4 members (excludes halogenated alkanes) is 13. The number of hydrogen-bond donors (Lipinski definition) is 0. The van der Waals surface area contributed by atoms with Crippen LogP contribution in [0, 0.1) is 0 Å². The van der Waals surface area contributed by atoms with E-state index in [2.05, 4.69) is 6.92 Å². The molecule has 0 aliphatic carbocycles. The van der Waals surface area contributed by atoms with E-state index in [9.17, 15) is 9.90 Å². The van der Waals surface area contributed by atoms with Gasteiger partial charge in [-0.15, -0.1) is 0 Å². The number of carbonyl (C=O) groups is 1. The van der Waals surface area contributed by atoms with Crippen molar-refractivity contribution in [3.63, 3.8) is 0 Å². The van der Waals surface area contributed by atoms with Gasteiger partial charge < -0.3 is 9.84 Å². The minimum Gasteiger partial charge on any atom is -0.844 e. The molecule has 0 saturated carbocycles. The molecule has 0 fully saturated rings. The molecular weight excluding hydrogens is 362 g/mol. The van der Waals surface area contributed by atoms with Crippen LogP contribution >= 0.6 is 0 Å². The van der Waals surface area contributed by atoms with Crippen molar-refractivity contribution in [3.8, 4) is 0 Å². The summed E-state index contributed by atoms with van der Waals surface area (Å²) in [6.07, 6.45) is 17.1. The summed E-state index contributed by atoms with van der Waals surface area (Å²) >= 11 is 0. The quantitative estimate of drug-likeness (QED) is 0.294. The van der Waals surface area contributed by atoms with Crippen LogP contribution in [0.1, 0.15) is 104 Å². The van der Waals surface area contributed by atoms with Gasteiger partial charge in [0.25, 0.3) is 5.97 Å². The Balaban J connectivity index is 0. The zero-order chi connectivity index (χ0) is 16.5. The van der Waals surface area contributed by atoms with E-state index in [1.165, 1.54) is 84.0 Å². The second kappa shape index (κ2) is 21.3. The molecule has 0 N–H and O–H groups in total. The Morgan fingerprint density at radius 1 is 0.783 bits per heavy atom. The first-order valence-electron chi connectivity index (χ1n) is 9.51. The van der Waals surface area contributed by atoms with Gasteiger partial charge in [-0.25, -0.2) is 0 Å². The standard InChI is InChI=1S/C19H37O3.Rb/c1-3-4-5-6-7-8-9-10-11-12-13-14-15-16-17-22-19(21)18(2)20;/h18H,3-17H2,1-2H3;/q-1;+1. The Hall–Kier alpha value is 1.24. The van der Waals surface area contributed by atoms with Crippen LogP contribution in [0.25, 0.3) is 0 Å². The molecule has 0 rings (SSSR count). The van der Waals surface area contributed by atoms with Crippen LogP contribution in [0.4, 0.5) is 0 Å². The second-order valence-corrected chi connectivity index (χ2v) is 6.41. The predicted octanol–water partition coefficient (Wildman–Crippen LogP) is 1.76. The third-order valence-corrected chi connectivity index (χ3v) is 4.07. The topological polar surface area (TPSA) is 49.4 Å². The van der Waals surface area contributed by atoms with E-state index in [0.717, 1.165) is 12.8 Å². The van der Waals surface area contributed by atoms with Crippen molar-refractivity contribution in [1.29, 1.82) is 0 Å². The van der Waals surface area contributed by atoms with E-state index in [4.69, 9.17) is 4.74 Å². The van der Waals surface area contributed by atoms with E-state index in [1.54, 1.807) is 0 Å². The minimum absolute atomic E-state index is 0. The smallest absolute Gasteiger partial charge is 0.844 e. The van der Waals surface area contributed by atoms with Crippen LogP contribution in [0.2, 0.25) is 0 Å². The fraction of sp³-hybridized carbons (Fsp3) is 0.947. The summed E-state index contributed by atoms with van der Waals surface area (Å²) < 4.78 is 4.86. The third-order valence-electron chi connectivity index (χ3n) is 4.07. The van der Waals surface area contributed by atoms with Gasteiger partial charge in [0.1, 0.15) is 0 Å². The maximum atomic E-state index is 10.9. The fourth-order valence-corrected chi connectivity index (χ4v) is 2.59. The Kier molecular flexibility index (Phi) is 24.5. The molecule has 0 saturated heterocycles. The van der Waals surface area contributed by atoms with E-state index >= 15 is 0 Å². The molecule has 132 valence electrons. The van der Waals surface area contributed by atoms with Crippen molar-refractivity contribution < 1.29 is 72.8 Å². The molecule has 0 aromatic heterocycles. The molecule has 4 heteroatoms. The maximum absolute atomic E-state index is 10.9. The van der Waals surface area contributed by atoms with Crippen molar-refractivity contribution in [2.75, 3.05) is 6.61 Å². The number of rotatable bonds is 16. The largest absolute Gasteiger partial charge is 1.00 e. The zero-order valence-electron chi connectivity index (χ0n) is 15.9. The van der Waals surface area contributed by atoms with Gasteiger partial charge in [0.05, 0.1) is 6.61 Å². The van der Waals surface area contributed by atoms with Crippen LogP contribution in [0.5, 0.6) is 0 Å². The second-order valence-electron chi connectivity index (χ2n) is 6.41. The third kappa shape index (κ3) is 21.2. The van der Waals surface area contributed by atoms with Crippen molar-refractivity contribution in [2.24, 2.45) is 0 Å². The Labute approximate surface area is 193 Å². The van der Waals surface area contributed by atoms with E-state index in [1.807, 2.05) is 0 Å². The Bertz CT molecular complexity index is 245. The first-order valence-corrected chi connectivity index (χ1v) is 9.51. The average molecular weight is 399 g/mol. The Morgan fingerprint density at radius 3 is 1.48 bits per heavy atom. The van der Waals surface area contributed by atoms with Gasteiger partial charge >= 0.3 is 58.2 Å². The number of ether oxygens (including phenoxy) is 1. The molecule has 3 nitrogen and oxygen atoms in total. The van der Waals surface area contributed by atoms with Gasteiger partial charge in [-0.1, -0.05) is 97.3 Å². The predicted molar refractivity (Wildman–Crippen MR) is 90.7 cm³/mol. The van der Waals surface area contributed by atoms with Gasteiger partial charge in [-0.05, 0) is 12.5 Å². The molecular formula is C19H37O3Rb. The van der Waals surface area contributed by atoms with Crippen molar-refractivity contribution in [3.05, 3.63) is 0 Å². The molecule has 0 amide bonds. The summed E-state index contributed by atoms with van der Waals surface area (Å²) in [6, 6.07) is 0. The van der Waals surface area contributed by atoms with Gasteiger partial charge in [0, 0.05) is 0 Å². The molecule has 0 heterocycles. The summed E-state index contributed by atoms with van der Waals surface area (Å²) in [5.41, 5.74) is 0. The van der Waals surface area contributed by atoms with Crippen molar-refractivity contribution >= 4 is 5.97 Å². The molecule has 1 atom stereocenters. The summed E-state index contributed by atoms with van der Waals surface area (Å²) in [4.78, 5) is 10.9. The van der Waals surface area contributed by atoms with Crippen LogP contribution < -0.4 is 63.3 Å². The summed E-state index contributed by atoms with van der Waals surface area (Å²) in [5, 5.41) is 10.7. The van der Waals surface area contributed by atoms with Crippen molar-refractivity contribution in [2.45, 2.75) is 110 Å². The number of carbonyl (C=O) groups excluding carboxylic acids is 1. The summed E-state index contributed by atoms with van der Waals surface area (Å²) in [7, 11) is 0. The van der Waals surface area contributed by atoms with Crippen LogP contribution in [-0.2, 0) is 9.53 Å². The van der Waals surface area contributed by atoms with Gasteiger partial charge in [0.15, 0.2) is 0 Å². The van der Waals surface area contributed by atoms with Crippen LogP contribution in [-0.4, -0.2) is 18.7 Å². The number of hydrogen-bond acceptors (Lipinski definition) is 3. The monoisotopic (exact) mass is 398 g/mol. The van der Waals surface area contributed by atoms with Crippen LogP contribution in [0.3, 0.4) is 0 Å². The SMILES string of the molecule is CCCCCCCCCCCCCCCCOC(=O)C(C)[O-].[Rb+]. The van der Waals surface area contributed by atoms with Gasteiger partial charge in [-0.2, -0.15) is 0 Å². The van der Waals surface area contributed by atoms with Crippen LogP contribution in [0.15, 0.2) is 0 Å². The summed E-state index contributed by atoms with van der Waals surface area (Å²) in [6.45, 7) is 4.00. The molecule has 0 aliphatic rings. The molecule has 0 bridgehead atoms. The minimum atomic E-state index is -1.24. The maximum Gasteiger partial charge on any atom is 1.00 e. The summed E-state index contributed by atoms with van der Waals surface area (Å²) in [5.74, 6) is -0.616. The van der Waals surface area contributed by atoms with E-state index in [-0.39, 0.29) is 58.2 Å². The van der Waals surface area contributed by atoms with E-state index < -0.39 is 12.1 Å².